The van der Waals surface area contributed by atoms with Gasteiger partial charge in [0.2, 0.25) is 0 Å². The second-order valence-electron chi connectivity index (χ2n) is 3.76. The van der Waals surface area contributed by atoms with Gasteiger partial charge in [-0.05, 0) is 24.3 Å². The smallest absolute Gasteiger partial charge is 0.266 e. The third kappa shape index (κ3) is 1.55. The molecule has 1 aromatic heterocycles. The normalized spacial score (nSPS) is 27.9. The molecule has 78 valence electrons. The number of thiophene rings is 1. The van der Waals surface area contributed by atoms with Crippen molar-refractivity contribution >= 4 is 45.7 Å². The van der Waals surface area contributed by atoms with E-state index in [4.69, 9.17) is 11.6 Å². The number of carbonyl (C=O) groups is 1. The lowest BCUT2D eigenvalue weighted by Gasteiger charge is -2.23. The first-order chi connectivity index (χ1) is 7.21. The highest BCUT2D eigenvalue weighted by Gasteiger charge is 2.55. The molecule has 1 atom stereocenters. The molecule has 2 aliphatic rings. The van der Waals surface area contributed by atoms with E-state index in [2.05, 4.69) is 4.99 Å². The Hall–Kier alpha value is -0.320. The standard InChI is InChI=1S/C10H8ClNOS2/c11-7-8(13)12-9(6-2-1-5-14-6)15-10(7)3-4-10/h1-2,5,7H,3-4H2. The van der Waals surface area contributed by atoms with Crippen molar-refractivity contribution < 1.29 is 4.79 Å². The van der Waals surface area contributed by atoms with Crippen LogP contribution in [0.25, 0.3) is 0 Å². The fourth-order valence-electron chi connectivity index (χ4n) is 1.63. The van der Waals surface area contributed by atoms with Gasteiger partial charge in [0.1, 0.15) is 10.4 Å². The van der Waals surface area contributed by atoms with E-state index in [9.17, 15) is 4.79 Å². The van der Waals surface area contributed by atoms with Crippen LogP contribution in [-0.2, 0) is 4.79 Å². The number of rotatable bonds is 1. The molecule has 0 saturated heterocycles. The lowest BCUT2D eigenvalue weighted by atomic mass is 10.2. The maximum Gasteiger partial charge on any atom is 0.266 e. The van der Waals surface area contributed by atoms with Crippen LogP contribution in [0, 0.1) is 0 Å². The number of hydrogen-bond donors (Lipinski definition) is 0. The molecular weight excluding hydrogens is 250 g/mol. The zero-order chi connectivity index (χ0) is 10.5. The molecule has 1 aliphatic carbocycles. The van der Waals surface area contributed by atoms with Crippen LogP contribution in [0.2, 0.25) is 0 Å². The summed E-state index contributed by atoms with van der Waals surface area (Å²) < 4.78 is -0.0420. The van der Waals surface area contributed by atoms with Gasteiger partial charge in [0.25, 0.3) is 5.91 Å². The molecule has 1 saturated carbocycles. The fraction of sp³-hybridized carbons (Fsp3) is 0.400. The Morgan fingerprint density at radius 3 is 2.93 bits per heavy atom. The minimum atomic E-state index is -0.425. The zero-order valence-corrected chi connectivity index (χ0v) is 10.2. The molecule has 0 radical (unpaired) electrons. The second-order valence-corrected chi connectivity index (χ2v) is 6.55. The van der Waals surface area contributed by atoms with E-state index < -0.39 is 5.38 Å². The highest BCUT2D eigenvalue weighted by molar-refractivity contribution is 8.16. The van der Waals surface area contributed by atoms with Crippen molar-refractivity contribution in [2.45, 2.75) is 23.0 Å². The maximum atomic E-state index is 11.6. The lowest BCUT2D eigenvalue weighted by Crippen LogP contribution is -2.33. The molecule has 1 spiro atoms. The van der Waals surface area contributed by atoms with Crippen LogP contribution in [0.15, 0.2) is 22.5 Å². The molecule has 1 aromatic rings. The quantitative estimate of drug-likeness (QED) is 0.724. The minimum Gasteiger partial charge on any atom is -0.271 e. The fourth-order valence-corrected chi connectivity index (χ4v) is 4.11. The topological polar surface area (TPSA) is 29.4 Å². The Balaban J connectivity index is 1.98. The highest BCUT2D eigenvalue weighted by atomic mass is 35.5. The van der Waals surface area contributed by atoms with Gasteiger partial charge >= 0.3 is 0 Å². The first kappa shape index (κ1) is 9.87. The molecular formula is C10H8ClNOS2. The molecule has 2 nitrogen and oxygen atoms in total. The molecule has 2 heterocycles. The van der Waals surface area contributed by atoms with Crippen LogP contribution in [0.3, 0.4) is 0 Å². The zero-order valence-electron chi connectivity index (χ0n) is 7.77. The molecule has 1 fully saturated rings. The van der Waals surface area contributed by atoms with Crippen LogP contribution in [0.5, 0.6) is 0 Å². The van der Waals surface area contributed by atoms with Gasteiger partial charge < -0.3 is 0 Å². The SMILES string of the molecule is O=C1N=C(c2cccs2)SC2(CC2)C1Cl. The van der Waals surface area contributed by atoms with Crippen molar-refractivity contribution in [3.63, 3.8) is 0 Å². The predicted octanol–water partition coefficient (Wildman–Crippen LogP) is 2.91. The predicted molar refractivity (Wildman–Crippen MR) is 65.1 cm³/mol. The molecule has 1 amide bonds. The Bertz CT molecular complexity index is 436. The number of thioether (sulfide) groups is 1. The third-order valence-corrected chi connectivity index (χ3v) is 5.96. The van der Waals surface area contributed by atoms with Gasteiger partial charge in [0.15, 0.2) is 0 Å². The van der Waals surface area contributed by atoms with Crippen LogP contribution < -0.4 is 0 Å². The molecule has 5 heteroatoms. The summed E-state index contributed by atoms with van der Waals surface area (Å²) >= 11 is 9.37. The van der Waals surface area contributed by atoms with Gasteiger partial charge in [-0.25, -0.2) is 4.99 Å². The monoisotopic (exact) mass is 257 g/mol. The number of aliphatic imine (C=N–C) groups is 1. The van der Waals surface area contributed by atoms with Crippen molar-refractivity contribution in [1.82, 2.24) is 0 Å². The van der Waals surface area contributed by atoms with E-state index in [0.29, 0.717) is 0 Å². The van der Waals surface area contributed by atoms with Gasteiger partial charge in [0.05, 0.1) is 4.88 Å². The summed E-state index contributed by atoms with van der Waals surface area (Å²) in [6.07, 6.45) is 2.06. The van der Waals surface area contributed by atoms with E-state index >= 15 is 0 Å². The van der Waals surface area contributed by atoms with Crippen molar-refractivity contribution in [2.24, 2.45) is 4.99 Å². The summed E-state index contributed by atoms with van der Waals surface area (Å²) in [6, 6.07) is 3.97. The van der Waals surface area contributed by atoms with Crippen LogP contribution in [0.1, 0.15) is 17.7 Å². The van der Waals surface area contributed by atoms with Crippen LogP contribution >= 0.6 is 34.7 Å². The number of alkyl halides is 1. The van der Waals surface area contributed by atoms with E-state index in [1.165, 1.54) is 0 Å². The Labute approximate surface area is 101 Å². The van der Waals surface area contributed by atoms with Gasteiger partial charge in [-0.2, -0.15) is 0 Å². The molecule has 15 heavy (non-hydrogen) atoms. The number of amides is 1. The summed E-state index contributed by atoms with van der Waals surface area (Å²) in [6.45, 7) is 0. The molecule has 3 rings (SSSR count). The average molecular weight is 258 g/mol. The third-order valence-electron chi connectivity index (χ3n) is 2.67. The summed E-state index contributed by atoms with van der Waals surface area (Å²) in [7, 11) is 0. The molecule has 0 aromatic carbocycles. The largest absolute Gasteiger partial charge is 0.271 e. The summed E-state index contributed by atoms with van der Waals surface area (Å²) in [5, 5.41) is 2.42. The number of halogens is 1. The minimum absolute atomic E-state index is 0.0420. The second kappa shape index (κ2) is 3.34. The Morgan fingerprint density at radius 2 is 2.33 bits per heavy atom. The van der Waals surface area contributed by atoms with Crippen molar-refractivity contribution in [3.8, 4) is 0 Å². The number of hydrogen-bond acceptors (Lipinski definition) is 3. The van der Waals surface area contributed by atoms with Gasteiger partial charge in [-0.1, -0.05) is 17.8 Å². The summed E-state index contributed by atoms with van der Waals surface area (Å²) in [5.41, 5.74) is 0. The van der Waals surface area contributed by atoms with E-state index in [1.807, 2.05) is 17.5 Å². The van der Waals surface area contributed by atoms with Crippen LogP contribution in [0.4, 0.5) is 0 Å². The molecule has 1 unspecified atom stereocenters. The average Bonchev–Trinajstić information content (AvgIpc) is 2.80. The number of carbonyl (C=O) groups excluding carboxylic acids is 1. The Kier molecular flexibility index (Phi) is 2.20. The van der Waals surface area contributed by atoms with Gasteiger partial charge in [0, 0.05) is 4.75 Å². The van der Waals surface area contributed by atoms with Crippen molar-refractivity contribution in [1.29, 1.82) is 0 Å². The summed E-state index contributed by atoms with van der Waals surface area (Å²) in [5.74, 6) is -0.170. The van der Waals surface area contributed by atoms with Crippen LogP contribution in [-0.4, -0.2) is 21.1 Å². The molecule has 1 aliphatic heterocycles. The first-order valence-corrected chi connectivity index (χ1v) is 6.84. The molecule has 0 N–H and O–H groups in total. The molecule has 0 bridgehead atoms. The van der Waals surface area contributed by atoms with E-state index in [-0.39, 0.29) is 10.7 Å². The highest BCUT2D eigenvalue weighted by Crippen LogP contribution is 2.56. The lowest BCUT2D eigenvalue weighted by molar-refractivity contribution is -0.117. The number of nitrogens with zero attached hydrogens (tertiary/aromatic N) is 1. The Morgan fingerprint density at radius 1 is 1.53 bits per heavy atom. The summed E-state index contributed by atoms with van der Waals surface area (Å²) in [4.78, 5) is 16.8. The first-order valence-electron chi connectivity index (χ1n) is 4.71. The maximum absolute atomic E-state index is 11.6. The van der Waals surface area contributed by atoms with Gasteiger partial charge in [-0.3, -0.25) is 4.79 Å². The van der Waals surface area contributed by atoms with E-state index in [1.54, 1.807) is 23.1 Å². The van der Waals surface area contributed by atoms with E-state index in [0.717, 1.165) is 22.8 Å². The van der Waals surface area contributed by atoms with Crippen molar-refractivity contribution in [3.05, 3.63) is 22.4 Å². The van der Waals surface area contributed by atoms with Crippen molar-refractivity contribution in [2.75, 3.05) is 0 Å². The van der Waals surface area contributed by atoms with Gasteiger partial charge in [-0.15, -0.1) is 22.9 Å².